The summed E-state index contributed by atoms with van der Waals surface area (Å²) >= 11 is 0. The van der Waals surface area contributed by atoms with Crippen LogP contribution in [0.2, 0.25) is 0 Å². The maximum Gasteiger partial charge on any atom is 0.332 e. The van der Waals surface area contributed by atoms with Gasteiger partial charge in [0.2, 0.25) is 0 Å². The van der Waals surface area contributed by atoms with E-state index in [2.05, 4.69) is 18.9 Å². The molecule has 0 bridgehead atoms. The largest absolute Gasteiger partial charge is 0.463 e. The van der Waals surface area contributed by atoms with Crippen LogP contribution in [-0.4, -0.2) is 92.2 Å². The van der Waals surface area contributed by atoms with Gasteiger partial charge in [0.05, 0.1) is 13.0 Å². The number of carbonyl (C=O) groups is 6. The van der Waals surface area contributed by atoms with E-state index in [4.69, 9.17) is 10.2 Å². The summed E-state index contributed by atoms with van der Waals surface area (Å²) in [6, 6.07) is 0. The first-order chi connectivity index (χ1) is 13.2. The Labute approximate surface area is 160 Å². The molecule has 0 saturated heterocycles. The van der Waals surface area contributed by atoms with Gasteiger partial charge in [-0.1, -0.05) is 0 Å². The third-order valence-corrected chi connectivity index (χ3v) is 2.38. The minimum atomic E-state index is -0.916. The van der Waals surface area contributed by atoms with E-state index >= 15 is 0 Å². The number of ether oxygens (including phenoxy) is 4. The van der Waals surface area contributed by atoms with E-state index < -0.39 is 62.3 Å². The summed E-state index contributed by atoms with van der Waals surface area (Å²) in [4.78, 5) is 63.8. The number of rotatable bonds is 13. The van der Waals surface area contributed by atoms with Crippen LogP contribution in [0.5, 0.6) is 0 Å². The van der Waals surface area contributed by atoms with Crippen LogP contribution in [0.3, 0.4) is 0 Å². The lowest BCUT2D eigenvalue weighted by Crippen LogP contribution is -2.20. The van der Waals surface area contributed by atoms with Crippen LogP contribution in [0.25, 0.3) is 0 Å². The molecule has 160 valence electrons. The summed E-state index contributed by atoms with van der Waals surface area (Å²) in [5, 5.41) is 16.5. The molecule has 0 radical (unpaired) electrons. The molecule has 0 unspecified atom stereocenters. The Kier molecular flexibility index (Phi) is 17.4. The predicted octanol–water partition coefficient (Wildman–Crippen LogP) is -2.26. The third-order valence-electron chi connectivity index (χ3n) is 2.38. The van der Waals surface area contributed by atoms with Crippen molar-refractivity contribution in [3.8, 4) is 0 Å². The Hall–Kier alpha value is -2.70. The average Bonchev–Trinajstić information content (AvgIpc) is 2.64. The van der Waals surface area contributed by atoms with E-state index in [1.807, 2.05) is 0 Å². The third kappa shape index (κ3) is 19.6. The number of ketones is 3. The van der Waals surface area contributed by atoms with Gasteiger partial charge < -0.3 is 29.2 Å². The SMILES string of the molecule is CC(=O)CC(=O)COC(=O)CO.COCCOC(=O)CC(=O)COC(=O)CO. The molecule has 0 aliphatic carbocycles. The summed E-state index contributed by atoms with van der Waals surface area (Å²) in [6.45, 7) is -0.957. The van der Waals surface area contributed by atoms with Crippen molar-refractivity contribution in [1.29, 1.82) is 0 Å². The quantitative estimate of drug-likeness (QED) is 0.145. The van der Waals surface area contributed by atoms with Gasteiger partial charge in [0.15, 0.2) is 24.8 Å². The molecule has 28 heavy (non-hydrogen) atoms. The normalized spacial score (nSPS) is 9.43. The first kappa shape index (κ1) is 27.5. The smallest absolute Gasteiger partial charge is 0.332 e. The molecule has 0 atom stereocenters. The zero-order valence-electron chi connectivity index (χ0n) is 15.6. The topological polar surface area (TPSA) is 180 Å². The van der Waals surface area contributed by atoms with Crippen LogP contribution in [0.1, 0.15) is 19.8 Å². The number of esters is 3. The van der Waals surface area contributed by atoms with Crippen LogP contribution in [-0.2, 0) is 47.7 Å². The fourth-order valence-electron chi connectivity index (χ4n) is 1.24. The second kappa shape index (κ2) is 17.7. The molecule has 0 fully saturated rings. The zero-order chi connectivity index (χ0) is 21.9. The van der Waals surface area contributed by atoms with Crippen molar-refractivity contribution in [3.05, 3.63) is 0 Å². The van der Waals surface area contributed by atoms with Crippen LogP contribution in [0.15, 0.2) is 0 Å². The molecule has 0 aromatic rings. The highest BCUT2D eigenvalue weighted by Gasteiger charge is 2.12. The van der Waals surface area contributed by atoms with Crippen LogP contribution in [0.4, 0.5) is 0 Å². The molecule has 0 aromatic heterocycles. The lowest BCUT2D eigenvalue weighted by atomic mass is 10.2. The maximum atomic E-state index is 11.0. The van der Waals surface area contributed by atoms with Crippen LogP contribution in [0, 0.1) is 0 Å². The van der Waals surface area contributed by atoms with Gasteiger partial charge in [-0.05, 0) is 6.92 Å². The van der Waals surface area contributed by atoms with Gasteiger partial charge in [0.25, 0.3) is 0 Å². The molecule has 0 aromatic carbocycles. The lowest BCUT2D eigenvalue weighted by Gasteiger charge is -2.04. The number of methoxy groups -OCH3 is 1. The van der Waals surface area contributed by atoms with E-state index in [9.17, 15) is 28.8 Å². The number of hydrogen-bond donors (Lipinski definition) is 2. The van der Waals surface area contributed by atoms with Gasteiger partial charge in [0.1, 0.15) is 32.0 Å². The highest BCUT2D eigenvalue weighted by atomic mass is 16.6. The van der Waals surface area contributed by atoms with Crippen molar-refractivity contribution < 1.29 is 57.9 Å². The van der Waals surface area contributed by atoms with Gasteiger partial charge in [-0.15, -0.1) is 0 Å². The molecule has 0 aliphatic heterocycles. The van der Waals surface area contributed by atoms with E-state index in [0.29, 0.717) is 0 Å². The first-order valence-electron chi connectivity index (χ1n) is 7.86. The maximum absolute atomic E-state index is 11.0. The van der Waals surface area contributed by atoms with Gasteiger partial charge in [0, 0.05) is 7.11 Å². The van der Waals surface area contributed by atoms with Gasteiger partial charge in [-0.25, -0.2) is 9.59 Å². The standard InChI is InChI=1S/C9H14O7.C7H10O5/c1-14-2-3-15-8(12)4-7(11)6-16-9(13)5-10;1-5(9)2-6(10)4-12-7(11)3-8/h10H,2-6H2,1H3;8H,2-4H2,1H3. The second-order valence-corrected chi connectivity index (χ2v) is 4.98. The fourth-order valence-corrected chi connectivity index (χ4v) is 1.24. The Morgan fingerprint density at radius 2 is 1.14 bits per heavy atom. The minimum Gasteiger partial charge on any atom is -0.463 e. The van der Waals surface area contributed by atoms with Gasteiger partial charge in [-0.2, -0.15) is 0 Å². The molecule has 0 aliphatic rings. The van der Waals surface area contributed by atoms with Crippen molar-refractivity contribution in [2.45, 2.75) is 19.8 Å². The summed E-state index contributed by atoms with van der Waals surface area (Å²) in [6.07, 6.45) is -0.707. The molecule has 2 N–H and O–H groups in total. The molecule has 0 heterocycles. The predicted molar refractivity (Wildman–Crippen MR) is 88.9 cm³/mol. The molecule has 0 spiro atoms. The van der Waals surface area contributed by atoms with Crippen molar-refractivity contribution in [2.24, 2.45) is 0 Å². The Bertz CT molecular complexity index is 540. The minimum absolute atomic E-state index is 0.0685. The highest BCUT2D eigenvalue weighted by molar-refractivity contribution is 5.99. The van der Waals surface area contributed by atoms with Crippen molar-refractivity contribution in [2.75, 3.05) is 46.8 Å². The number of carbonyl (C=O) groups excluding carboxylic acids is 6. The van der Waals surface area contributed by atoms with Crippen LogP contribution < -0.4 is 0 Å². The summed E-state index contributed by atoms with van der Waals surface area (Å²) in [5.41, 5.74) is 0. The van der Waals surface area contributed by atoms with E-state index in [-0.39, 0.29) is 25.4 Å². The molecule has 12 heteroatoms. The molecular weight excluding hydrogens is 384 g/mol. The number of aliphatic hydroxyl groups excluding tert-OH is 2. The van der Waals surface area contributed by atoms with Gasteiger partial charge >= 0.3 is 17.9 Å². The molecule has 12 nitrogen and oxygen atoms in total. The summed E-state index contributed by atoms with van der Waals surface area (Å²) in [7, 11) is 1.45. The monoisotopic (exact) mass is 408 g/mol. The average molecular weight is 408 g/mol. The number of aliphatic hydroxyl groups is 2. The highest BCUT2D eigenvalue weighted by Crippen LogP contribution is 1.91. The Balaban J connectivity index is 0. The number of Topliss-reactive ketones (excluding diaryl/α,β-unsaturated/α-hetero) is 3. The lowest BCUT2D eigenvalue weighted by molar-refractivity contribution is -0.154. The fraction of sp³-hybridized carbons (Fsp3) is 0.625. The van der Waals surface area contributed by atoms with Crippen LogP contribution >= 0.6 is 0 Å². The molecule has 0 saturated carbocycles. The second-order valence-electron chi connectivity index (χ2n) is 4.98. The van der Waals surface area contributed by atoms with Gasteiger partial charge in [-0.3, -0.25) is 19.2 Å². The molecule has 0 amide bonds. The van der Waals surface area contributed by atoms with E-state index in [0.717, 1.165) is 0 Å². The Morgan fingerprint density at radius 1 is 0.679 bits per heavy atom. The Morgan fingerprint density at radius 3 is 1.54 bits per heavy atom. The van der Waals surface area contributed by atoms with E-state index in [1.165, 1.54) is 14.0 Å². The zero-order valence-corrected chi connectivity index (χ0v) is 15.6. The molecular formula is C16H24O12. The van der Waals surface area contributed by atoms with Crippen molar-refractivity contribution in [1.82, 2.24) is 0 Å². The van der Waals surface area contributed by atoms with E-state index in [1.54, 1.807) is 0 Å². The number of hydrogen-bond acceptors (Lipinski definition) is 12. The summed E-state index contributed by atoms with van der Waals surface area (Å²) < 4.78 is 17.8. The van der Waals surface area contributed by atoms with Crippen molar-refractivity contribution >= 4 is 35.3 Å². The molecule has 0 rings (SSSR count). The van der Waals surface area contributed by atoms with Crippen molar-refractivity contribution in [3.63, 3.8) is 0 Å². The first-order valence-corrected chi connectivity index (χ1v) is 7.86. The summed E-state index contributed by atoms with van der Waals surface area (Å²) in [5.74, 6) is -3.83.